The maximum Gasteiger partial charge on any atom is 0.407 e. The molecular formula is C26H30N2O6. The van der Waals surface area contributed by atoms with Gasteiger partial charge in [0, 0.05) is 25.0 Å². The fourth-order valence-corrected chi connectivity index (χ4v) is 5.00. The molecule has 3 atom stereocenters. The van der Waals surface area contributed by atoms with Crippen LogP contribution in [-0.4, -0.2) is 55.5 Å². The quantitative estimate of drug-likeness (QED) is 0.550. The highest BCUT2D eigenvalue weighted by Gasteiger charge is 2.32. The number of carbonyl (C=O) groups excluding carboxylic acids is 2. The average molecular weight is 467 g/mol. The van der Waals surface area contributed by atoms with Crippen LogP contribution in [0.5, 0.6) is 0 Å². The Balaban J connectivity index is 1.31. The van der Waals surface area contributed by atoms with E-state index in [2.05, 4.69) is 34.9 Å². The van der Waals surface area contributed by atoms with Crippen molar-refractivity contribution in [3.63, 3.8) is 0 Å². The smallest absolute Gasteiger partial charge is 0.407 e. The molecule has 0 aromatic heterocycles. The fraction of sp³-hybridized carbons (Fsp3) is 0.423. The van der Waals surface area contributed by atoms with Crippen molar-refractivity contribution in [1.29, 1.82) is 0 Å². The first kappa shape index (κ1) is 23.8. The number of nitrogens with one attached hydrogen (secondary N) is 2. The van der Waals surface area contributed by atoms with Crippen molar-refractivity contribution in [3.05, 3.63) is 59.7 Å². The number of methoxy groups -OCH3 is 1. The second-order valence-electron chi connectivity index (χ2n) is 8.89. The van der Waals surface area contributed by atoms with Gasteiger partial charge in [0.2, 0.25) is 5.91 Å². The summed E-state index contributed by atoms with van der Waals surface area (Å²) in [6, 6.07) is 15.0. The third-order valence-corrected chi connectivity index (χ3v) is 6.66. The lowest BCUT2D eigenvalue weighted by Gasteiger charge is -2.29. The summed E-state index contributed by atoms with van der Waals surface area (Å²) >= 11 is 0. The van der Waals surface area contributed by atoms with Gasteiger partial charge in [-0.3, -0.25) is 4.79 Å². The Bertz CT molecular complexity index is 1010. The van der Waals surface area contributed by atoms with Crippen molar-refractivity contribution in [3.8, 4) is 11.1 Å². The zero-order chi connectivity index (χ0) is 24.1. The maximum atomic E-state index is 12.6. The Kier molecular flexibility index (Phi) is 7.47. The van der Waals surface area contributed by atoms with Crippen molar-refractivity contribution >= 4 is 18.0 Å². The van der Waals surface area contributed by atoms with Gasteiger partial charge in [-0.2, -0.15) is 0 Å². The summed E-state index contributed by atoms with van der Waals surface area (Å²) in [5.74, 6) is -1.86. The number of hydrogen-bond acceptors (Lipinski definition) is 5. The summed E-state index contributed by atoms with van der Waals surface area (Å²) in [6.45, 7) is 0.128. The molecule has 4 rings (SSSR count). The summed E-state index contributed by atoms with van der Waals surface area (Å²) in [4.78, 5) is 36.5. The molecule has 8 heteroatoms. The van der Waals surface area contributed by atoms with E-state index in [0.717, 1.165) is 24.0 Å². The molecule has 0 unspecified atom stereocenters. The topological polar surface area (TPSA) is 114 Å². The summed E-state index contributed by atoms with van der Waals surface area (Å²) in [6.07, 6.45) is 2.09. The zero-order valence-electron chi connectivity index (χ0n) is 19.2. The Morgan fingerprint density at radius 3 is 2.29 bits per heavy atom. The third-order valence-electron chi connectivity index (χ3n) is 6.66. The normalized spacial score (nSPS) is 20.0. The van der Waals surface area contributed by atoms with E-state index >= 15 is 0 Å². The van der Waals surface area contributed by atoms with Gasteiger partial charge in [-0.15, -0.1) is 0 Å². The van der Waals surface area contributed by atoms with Crippen LogP contribution in [0.1, 0.15) is 42.7 Å². The number of carbonyl (C=O) groups is 3. The monoisotopic (exact) mass is 466 g/mol. The Hall–Kier alpha value is -3.39. The van der Waals surface area contributed by atoms with Crippen LogP contribution in [-0.2, 0) is 19.1 Å². The summed E-state index contributed by atoms with van der Waals surface area (Å²) in [7, 11) is 1.39. The molecule has 1 fully saturated rings. The van der Waals surface area contributed by atoms with E-state index in [-0.39, 0.29) is 37.0 Å². The lowest BCUT2D eigenvalue weighted by Crippen LogP contribution is -2.48. The molecule has 34 heavy (non-hydrogen) atoms. The number of benzene rings is 2. The lowest BCUT2D eigenvalue weighted by atomic mass is 9.85. The summed E-state index contributed by atoms with van der Waals surface area (Å²) in [5, 5.41) is 14.7. The summed E-state index contributed by atoms with van der Waals surface area (Å²) < 4.78 is 10.5. The molecule has 0 radical (unpaired) electrons. The van der Waals surface area contributed by atoms with Gasteiger partial charge in [0.05, 0.1) is 6.61 Å². The predicted octanol–water partition coefficient (Wildman–Crippen LogP) is 3.30. The molecule has 2 aliphatic carbocycles. The fourth-order valence-electron chi connectivity index (χ4n) is 5.00. The SMILES string of the molecule is COC[C@H](NC(=O)[C@H]1CCC[C@@H](NC(=O)OCC2c3ccccc3-c3ccccc32)C1)C(=O)O. The molecule has 2 amide bonds. The molecule has 2 aromatic rings. The molecule has 0 bridgehead atoms. The number of amides is 2. The van der Waals surface area contributed by atoms with E-state index in [0.29, 0.717) is 12.8 Å². The van der Waals surface area contributed by atoms with Gasteiger partial charge in [-0.05, 0) is 41.5 Å². The van der Waals surface area contributed by atoms with Gasteiger partial charge in [-0.25, -0.2) is 9.59 Å². The van der Waals surface area contributed by atoms with Crippen LogP contribution in [0.25, 0.3) is 11.1 Å². The van der Waals surface area contributed by atoms with E-state index < -0.39 is 18.1 Å². The van der Waals surface area contributed by atoms with Crippen molar-refractivity contribution < 1.29 is 29.0 Å². The number of carboxylic acids is 1. The van der Waals surface area contributed by atoms with Gasteiger partial charge >= 0.3 is 12.1 Å². The van der Waals surface area contributed by atoms with E-state index in [9.17, 15) is 19.5 Å². The number of fused-ring (bicyclic) bond motifs is 3. The Morgan fingerprint density at radius 2 is 1.68 bits per heavy atom. The largest absolute Gasteiger partial charge is 0.480 e. The van der Waals surface area contributed by atoms with E-state index in [1.807, 2.05) is 24.3 Å². The number of hydrogen-bond donors (Lipinski definition) is 3. The van der Waals surface area contributed by atoms with Gasteiger partial charge in [-0.1, -0.05) is 55.0 Å². The minimum Gasteiger partial charge on any atom is -0.480 e. The van der Waals surface area contributed by atoms with Gasteiger partial charge < -0.3 is 25.2 Å². The van der Waals surface area contributed by atoms with Crippen LogP contribution in [0.15, 0.2) is 48.5 Å². The Labute approximate surface area is 198 Å². The molecule has 0 heterocycles. The first-order chi connectivity index (χ1) is 16.5. The lowest BCUT2D eigenvalue weighted by molar-refractivity contribution is -0.144. The van der Waals surface area contributed by atoms with Crippen molar-refractivity contribution in [2.24, 2.45) is 5.92 Å². The first-order valence-corrected chi connectivity index (χ1v) is 11.6. The minimum atomic E-state index is -1.14. The molecule has 1 saturated carbocycles. The molecule has 0 saturated heterocycles. The molecule has 3 N–H and O–H groups in total. The number of alkyl carbamates (subject to hydrolysis) is 1. The van der Waals surface area contributed by atoms with Crippen LogP contribution < -0.4 is 10.6 Å². The van der Waals surface area contributed by atoms with Crippen LogP contribution >= 0.6 is 0 Å². The zero-order valence-corrected chi connectivity index (χ0v) is 19.2. The predicted molar refractivity (Wildman–Crippen MR) is 125 cm³/mol. The maximum absolute atomic E-state index is 12.6. The van der Waals surface area contributed by atoms with E-state index in [4.69, 9.17) is 9.47 Å². The highest BCUT2D eigenvalue weighted by Crippen LogP contribution is 2.44. The average Bonchev–Trinajstić information content (AvgIpc) is 3.16. The number of rotatable bonds is 8. The highest BCUT2D eigenvalue weighted by atomic mass is 16.5. The molecular weight excluding hydrogens is 436 g/mol. The van der Waals surface area contributed by atoms with Gasteiger partial charge in [0.1, 0.15) is 6.61 Å². The van der Waals surface area contributed by atoms with Crippen molar-refractivity contribution in [2.45, 2.75) is 43.7 Å². The van der Waals surface area contributed by atoms with Crippen LogP contribution in [0.3, 0.4) is 0 Å². The molecule has 2 aromatic carbocycles. The van der Waals surface area contributed by atoms with Crippen molar-refractivity contribution in [1.82, 2.24) is 10.6 Å². The van der Waals surface area contributed by atoms with Gasteiger partial charge in [0.15, 0.2) is 6.04 Å². The number of aliphatic carboxylic acids is 1. The van der Waals surface area contributed by atoms with E-state index in [1.165, 1.54) is 18.2 Å². The van der Waals surface area contributed by atoms with Crippen molar-refractivity contribution in [2.75, 3.05) is 20.3 Å². The number of ether oxygens (including phenoxy) is 2. The number of carboxylic acid groups (broad SMARTS) is 1. The molecule has 8 nitrogen and oxygen atoms in total. The first-order valence-electron chi connectivity index (χ1n) is 11.6. The van der Waals surface area contributed by atoms with Gasteiger partial charge in [0.25, 0.3) is 0 Å². The second-order valence-corrected chi connectivity index (χ2v) is 8.89. The molecule has 2 aliphatic rings. The van der Waals surface area contributed by atoms with Crippen LogP contribution in [0.2, 0.25) is 0 Å². The molecule has 0 spiro atoms. The van der Waals surface area contributed by atoms with Crippen LogP contribution in [0.4, 0.5) is 4.79 Å². The third kappa shape index (κ3) is 5.22. The molecule has 0 aliphatic heterocycles. The minimum absolute atomic E-state index is 0.0169. The highest BCUT2D eigenvalue weighted by molar-refractivity contribution is 5.85. The van der Waals surface area contributed by atoms with E-state index in [1.54, 1.807) is 0 Å². The van der Waals surface area contributed by atoms with Crippen LogP contribution in [0, 0.1) is 5.92 Å². The Morgan fingerprint density at radius 1 is 1.03 bits per heavy atom. The summed E-state index contributed by atoms with van der Waals surface area (Å²) in [5.41, 5.74) is 4.63. The second kappa shape index (κ2) is 10.7. The standard InChI is InChI=1S/C26H30N2O6/c1-33-15-23(25(30)31)28-24(29)16-7-6-8-17(13-16)27-26(32)34-14-22-20-11-4-2-9-18(20)19-10-3-5-12-21(19)22/h2-5,9-12,16-17,22-23H,6-8,13-15H2,1H3,(H,27,32)(H,28,29)(H,30,31)/t16-,17+,23-/m0/s1. The molecule has 180 valence electrons.